The van der Waals surface area contributed by atoms with Crippen LogP contribution in [0, 0.1) is 0 Å². The van der Waals surface area contributed by atoms with E-state index in [1.54, 1.807) is 0 Å². The Balaban J connectivity index is 3.17. The summed E-state index contributed by atoms with van der Waals surface area (Å²) in [5.41, 5.74) is 0.928. The van der Waals surface area contributed by atoms with Gasteiger partial charge in [-0.25, -0.2) is 4.98 Å². The summed E-state index contributed by atoms with van der Waals surface area (Å²) in [5, 5.41) is 0. The van der Waals surface area contributed by atoms with Gasteiger partial charge in [0.2, 0.25) is 5.51 Å². The molecule has 1 amide bonds. The molecule has 0 fully saturated rings. The average molecular weight is 197 g/mol. The first-order chi connectivity index (χ1) is 5.43. The number of carbonyl (C=O) groups excluding carboxylic acids is 1. The number of hydrogen-bond donors (Lipinski definition) is 1. The Morgan fingerprint density at radius 2 is 2.17 bits per heavy atom. The predicted octanol–water partition coefficient (Wildman–Crippen LogP) is 1.41. The summed E-state index contributed by atoms with van der Waals surface area (Å²) in [5.74, 6) is -1.08. The van der Waals surface area contributed by atoms with E-state index in [0.717, 1.165) is 6.20 Å². The molecule has 1 atom stereocenters. The zero-order valence-corrected chi connectivity index (χ0v) is 6.45. The van der Waals surface area contributed by atoms with E-state index in [2.05, 4.69) is 4.98 Å². The van der Waals surface area contributed by atoms with Gasteiger partial charge in [0, 0.05) is 0 Å². The minimum atomic E-state index is -4.46. The fraction of sp³-hybridized carbons (Fsp3) is 0.200. The molecule has 0 aliphatic heterocycles. The quantitative estimate of drug-likeness (QED) is 0.692. The number of thiazole rings is 1. The molecule has 2 N–H and O–H groups in total. The molecule has 12 heavy (non-hydrogen) atoms. The van der Waals surface area contributed by atoms with Gasteiger partial charge in [0.05, 0.1) is 6.20 Å². The molecule has 1 rings (SSSR count). The molecule has 0 radical (unpaired) electrons. The monoisotopic (exact) mass is 197 g/mol. The minimum Gasteiger partial charge on any atom is -0.361 e. The second kappa shape index (κ2) is 2.74. The summed E-state index contributed by atoms with van der Waals surface area (Å²) >= 11 is 0. The van der Waals surface area contributed by atoms with E-state index in [0.29, 0.717) is 5.51 Å². The topological polar surface area (TPSA) is 56.0 Å². The Labute approximate surface area is 68.0 Å². The van der Waals surface area contributed by atoms with E-state index < -0.39 is 26.8 Å². The molecule has 0 aromatic carbocycles. The first-order valence-corrected chi connectivity index (χ1v) is 4.05. The lowest BCUT2D eigenvalue weighted by molar-refractivity contribution is -0.0870. The van der Waals surface area contributed by atoms with Crippen molar-refractivity contribution in [3.8, 4) is 0 Å². The molecule has 7 heteroatoms. The van der Waals surface area contributed by atoms with Gasteiger partial charge < -0.3 is 5.73 Å². The first-order valence-electron chi connectivity index (χ1n) is 2.76. The van der Waals surface area contributed by atoms with E-state index in [-0.39, 0.29) is 0 Å². The van der Waals surface area contributed by atoms with Crippen LogP contribution in [0.2, 0.25) is 0 Å². The Hall–Kier alpha value is -1.11. The number of rotatable bonds is 1. The van der Waals surface area contributed by atoms with Crippen LogP contribution in [0.4, 0.5) is 13.2 Å². The fourth-order valence-corrected chi connectivity index (χ4v) is 1.69. The number of aromatic nitrogens is 1. The number of nitrogens with zero attached hydrogens (tertiary/aromatic N) is 1. The average Bonchev–Trinajstić information content (AvgIpc) is 2.30. The maximum atomic E-state index is 12.0. The molecular weight excluding hydrogens is 193 g/mol. The number of primary amides is 1. The lowest BCUT2D eigenvalue weighted by Gasteiger charge is -1.93. The van der Waals surface area contributed by atoms with Crippen molar-refractivity contribution < 1.29 is 18.0 Å². The van der Waals surface area contributed by atoms with E-state index in [9.17, 15) is 18.0 Å². The van der Waals surface area contributed by atoms with Gasteiger partial charge in [-0.15, -0.1) is 13.2 Å². The maximum absolute atomic E-state index is 12.0. The molecule has 1 aromatic heterocycles. The number of amides is 1. The molecule has 0 bridgehead atoms. The van der Waals surface area contributed by atoms with E-state index >= 15 is 0 Å². The highest BCUT2D eigenvalue weighted by atomic mass is 32.2. The smallest absolute Gasteiger partial charge is 0.361 e. The van der Waals surface area contributed by atoms with Crippen LogP contribution >= 0.6 is 10.5 Å². The van der Waals surface area contributed by atoms with Gasteiger partial charge in [0.15, 0.2) is 0 Å². The normalized spacial score (nSPS) is 13.1. The molecule has 0 spiro atoms. The molecule has 66 valence electrons. The summed E-state index contributed by atoms with van der Waals surface area (Å²) in [6, 6.07) is 0. The van der Waals surface area contributed by atoms with Crippen molar-refractivity contribution in [3.63, 3.8) is 0 Å². The standard InChI is InChI=1S/C5H3F3N2OS/c6-5(7,8)12-2-10-1-3(12)4(9)11/h1-2H,(H-,9,11)/p+1. The highest BCUT2D eigenvalue weighted by molar-refractivity contribution is 7.32. The SMILES string of the molecule is NC(=O)c1cnc[s+]1C(F)(F)F. The van der Waals surface area contributed by atoms with Crippen LogP contribution in [0.1, 0.15) is 9.67 Å². The van der Waals surface area contributed by atoms with Crippen molar-refractivity contribution in [3.05, 3.63) is 16.6 Å². The maximum Gasteiger partial charge on any atom is 0.602 e. The lowest BCUT2D eigenvalue weighted by Crippen LogP contribution is -2.12. The van der Waals surface area contributed by atoms with Crippen LogP contribution in [-0.2, 0) is 5.51 Å². The third-order valence-corrected chi connectivity index (χ3v) is 2.70. The van der Waals surface area contributed by atoms with Crippen LogP contribution in [0.5, 0.6) is 0 Å². The summed E-state index contributed by atoms with van der Waals surface area (Å²) in [6.07, 6.45) is 0.846. The van der Waals surface area contributed by atoms with Gasteiger partial charge in [0.1, 0.15) is 10.5 Å². The summed E-state index contributed by atoms with van der Waals surface area (Å²) < 4.78 is 36.1. The van der Waals surface area contributed by atoms with Crippen molar-refractivity contribution in [1.82, 2.24) is 4.98 Å². The van der Waals surface area contributed by atoms with Crippen molar-refractivity contribution in [2.75, 3.05) is 0 Å². The number of nitrogens with two attached hydrogens (primary N) is 1. The zero-order valence-electron chi connectivity index (χ0n) is 5.63. The molecule has 1 heterocycles. The molecule has 3 nitrogen and oxygen atoms in total. The summed E-state index contributed by atoms with van der Waals surface area (Å²) in [6.45, 7) is 0. The molecular formula is C5H4F3N2OS+. The predicted molar refractivity (Wildman–Crippen MR) is 36.5 cm³/mol. The van der Waals surface area contributed by atoms with Crippen LogP contribution in [0.25, 0.3) is 0 Å². The lowest BCUT2D eigenvalue weighted by atomic mass is 10.5. The molecule has 0 aliphatic carbocycles. The molecule has 0 saturated carbocycles. The van der Waals surface area contributed by atoms with Crippen LogP contribution < -0.4 is 5.73 Å². The second-order valence-electron chi connectivity index (χ2n) is 1.90. The number of hydrogen-bond acceptors (Lipinski definition) is 2. The minimum absolute atomic E-state index is 0.484. The van der Waals surface area contributed by atoms with Gasteiger partial charge in [0.25, 0.3) is 4.88 Å². The first kappa shape index (κ1) is 8.98. The van der Waals surface area contributed by atoms with Crippen molar-refractivity contribution in [2.45, 2.75) is 5.51 Å². The van der Waals surface area contributed by atoms with E-state index in [1.165, 1.54) is 0 Å². The third kappa shape index (κ3) is 1.55. The highest BCUT2D eigenvalue weighted by Crippen LogP contribution is 2.43. The third-order valence-electron chi connectivity index (χ3n) is 1.09. The largest absolute Gasteiger partial charge is 0.602 e. The van der Waals surface area contributed by atoms with Crippen molar-refractivity contribution in [1.29, 1.82) is 0 Å². The van der Waals surface area contributed by atoms with Gasteiger partial charge in [-0.1, -0.05) is 0 Å². The van der Waals surface area contributed by atoms with Crippen LogP contribution in [0.3, 0.4) is 0 Å². The van der Waals surface area contributed by atoms with Gasteiger partial charge in [-0.05, 0) is 0 Å². The number of carbonyl (C=O) groups is 1. The van der Waals surface area contributed by atoms with Gasteiger partial charge in [-0.3, -0.25) is 4.79 Å². The van der Waals surface area contributed by atoms with Crippen LogP contribution in [0.15, 0.2) is 11.7 Å². The highest BCUT2D eigenvalue weighted by Gasteiger charge is 2.47. The Morgan fingerprint density at radius 3 is 2.50 bits per heavy atom. The van der Waals surface area contributed by atoms with E-state index in [4.69, 9.17) is 5.73 Å². The molecule has 0 saturated heterocycles. The van der Waals surface area contributed by atoms with Crippen molar-refractivity contribution in [2.24, 2.45) is 5.73 Å². The summed E-state index contributed by atoms with van der Waals surface area (Å²) in [7, 11) is -2.22. The van der Waals surface area contributed by atoms with Crippen molar-refractivity contribution >= 4 is 16.4 Å². The van der Waals surface area contributed by atoms with Gasteiger partial charge >= 0.3 is 11.4 Å². The van der Waals surface area contributed by atoms with Crippen LogP contribution in [-0.4, -0.2) is 10.9 Å². The van der Waals surface area contributed by atoms with Gasteiger partial charge in [-0.2, -0.15) is 0 Å². The fourth-order valence-electron chi connectivity index (χ4n) is 0.629. The molecule has 0 aliphatic rings. The zero-order chi connectivity index (χ0) is 9.35. The Bertz CT molecular complexity index is 306. The van der Waals surface area contributed by atoms with E-state index in [1.807, 2.05) is 0 Å². The molecule has 1 unspecified atom stereocenters. The Morgan fingerprint density at radius 1 is 1.58 bits per heavy atom. The number of halogens is 3. The second-order valence-corrected chi connectivity index (χ2v) is 3.68. The molecule has 1 aromatic rings. The number of alkyl halides is 3. The Kier molecular flexibility index (Phi) is 2.05. The summed E-state index contributed by atoms with van der Waals surface area (Å²) in [4.78, 5) is 13.2.